The van der Waals surface area contributed by atoms with Crippen LogP contribution in [-0.2, 0) is 4.79 Å². The van der Waals surface area contributed by atoms with Gasteiger partial charge in [0.2, 0.25) is 0 Å². The molecule has 0 aromatic heterocycles. The van der Waals surface area contributed by atoms with E-state index >= 15 is 0 Å². The van der Waals surface area contributed by atoms with Gasteiger partial charge in [-0.15, -0.1) is 0 Å². The molecule has 0 saturated carbocycles. The van der Waals surface area contributed by atoms with Crippen molar-refractivity contribution in [1.29, 1.82) is 0 Å². The van der Waals surface area contributed by atoms with E-state index in [4.69, 9.17) is 0 Å². The van der Waals surface area contributed by atoms with Crippen molar-refractivity contribution in [3.8, 4) is 0 Å². The Balaban J connectivity index is 4.26. The maximum atomic E-state index is 11.5. The summed E-state index contributed by atoms with van der Waals surface area (Å²) in [7, 11) is 0. The SMILES string of the molecule is CCCCC/C(C)=C(/CCCC)C(C)=O. The van der Waals surface area contributed by atoms with Crippen LogP contribution in [0.2, 0.25) is 0 Å². The van der Waals surface area contributed by atoms with E-state index in [1.165, 1.54) is 31.3 Å². The highest BCUT2D eigenvalue weighted by molar-refractivity contribution is 5.93. The summed E-state index contributed by atoms with van der Waals surface area (Å²) in [6.45, 7) is 8.21. The zero-order chi connectivity index (χ0) is 11.7. The lowest BCUT2D eigenvalue weighted by Gasteiger charge is -2.09. The van der Waals surface area contributed by atoms with E-state index < -0.39 is 0 Å². The van der Waals surface area contributed by atoms with Crippen LogP contribution in [-0.4, -0.2) is 5.78 Å². The van der Waals surface area contributed by atoms with Crippen LogP contribution in [0, 0.1) is 0 Å². The van der Waals surface area contributed by atoms with E-state index in [1.807, 2.05) is 0 Å². The fourth-order valence-electron chi connectivity index (χ4n) is 1.83. The second kappa shape index (κ2) is 8.70. The Labute approximate surface area is 95.0 Å². The molecule has 0 spiro atoms. The Morgan fingerprint density at radius 1 is 0.867 bits per heavy atom. The summed E-state index contributed by atoms with van der Waals surface area (Å²) in [6, 6.07) is 0. The number of rotatable bonds is 8. The van der Waals surface area contributed by atoms with Crippen molar-refractivity contribution in [3.63, 3.8) is 0 Å². The average Bonchev–Trinajstić information content (AvgIpc) is 2.18. The minimum Gasteiger partial charge on any atom is -0.295 e. The molecule has 1 nitrogen and oxygen atoms in total. The van der Waals surface area contributed by atoms with Crippen molar-refractivity contribution < 1.29 is 4.79 Å². The van der Waals surface area contributed by atoms with Gasteiger partial charge in [-0.2, -0.15) is 0 Å². The van der Waals surface area contributed by atoms with Gasteiger partial charge >= 0.3 is 0 Å². The van der Waals surface area contributed by atoms with Crippen LogP contribution < -0.4 is 0 Å². The van der Waals surface area contributed by atoms with Crippen LogP contribution in [0.1, 0.15) is 72.6 Å². The van der Waals surface area contributed by atoms with Gasteiger partial charge in [-0.3, -0.25) is 4.79 Å². The van der Waals surface area contributed by atoms with Crippen LogP contribution >= 0.6 is 0 Å². The number of hydrogen-bond acceptors (Lipinski definition) is 1. The second-order valence-corrected chi connectivity index (χ2v) is 4.38. The summed E-state index contributed by atoms with van der Waals surface area (Å²) in [5.41, 5.74) is 2.41. The maximum absolute atomic E-state index is 11.5. The normalized spacial score (nSPS) is 12.5. The van der Waals surface area contributed by atoms with Crippen molar-refractivity contribution in [2.75, 3.05) is 0 Å². The Morgan fingerprint density at radius 3 is 1.93 bits per heavy atom. The molecule has 0 atom stereocenters. The van der Waals surface area contributed by atoms with E-state index in [0.29, 0.717) is 0 Å². The fourth-order valence-corrected chi connectivity index (χ4v) is 1.83. The molecule has 0 aromatic rings. The van der Waals surface area contributed by atoms with Gasteiger partial charge in [0, 0.05) is 0 Å². The molecule has 0 N–H and O–H groups in total. The molecule has 0 heterocycles. The predicted octanol–water partition coefficient (Wildman–Crippen LogP) is 4.66. The smallest absolute Gasteiger partial charge is 0.155 e. The van der Waals surface area contributed by atoms with Gasteiger partial charge in [0.1, 0.15) is 0 Å². The van der Waals surface area contributed by atoms with Crippen LogP contribution in [0.25, 0.3) is 0 Å². The lowest BCUT2D eigenvalue weighted by atomic mass is 9.96. The first-order valence-corrected chi connectivity index (χ1v) is 6.33. The van der Waals surface area contributed by atoms with Crippen LogP contribution in [0.15, 0.2) is 11.1 Å². The van der Waals surface area contributed by atoms with E-state index in [9.17, 15) is 4.79 Å². The lowest BCUT2D eigenvalue weighted by molar-refractivity contribution is -0.113. The quantitative estimate of drug-likeness (QED) is 0.420. The van der Waals surface area contributed by atoms with Gasteiger partial charge in [-0.25, -0.2) is 0 Å². The first-order valence-electron chi connectivity index (χ1n) is 6.33. The Hall–Kier alpha value is -0.590. The molecule has 0 aliphatic carbocycles. The van der Waals surface area contributed by atoms with Gasteiger partial charge in [0.05, 0.1) is 0 Å². The van der Waals surface area contributed by atoms with Gasteiger partial charge in [0.25, 0.3) is 0 Å². The van der Waals surface area contributed by atoms with Crippen molar-refractivity contribution >= 4 is 5.78 Å². The maximum Gasteiger partial charge on any atom is 0.155 e. The number of carbonyl (C=O) groups excluding carboxylic acids is 1. The molecule has 0 aromatic carbocycles. The number of ketones is 1. The second-order valence-electron chi connectivity index (χ2n) is 4.38. The van der Waals surface area contributed by atoms with E-state index in [1.54, 1.807) is 6.92 Å². The Bertz CT molecular complexity index is 213. The fraction of sp³-hybridized carbons (Fsp3) is 0.786. The van der Waals surface area contributed by atoms with Gasteiger partial charge in [-0.1, -0.05) is 38.7 Å². The third kappa shape index (κ3) is 6.48. The summed E-state index contributed by atoms with van der Waals surface area (Å²) < 4.78 is 0. The first-order chi connectivity index (χ1) is 7.13. The van der Waals surface area contributed by atoms with Gasteiger partial charge < -0.3 is 0 Å². The van der Waals surface area contributed by atoms with Crippen molar-refractivity contribution in [1.82, 2.24) is 0 Å². The summed E-state index contributed by atoms with van der Waals surface area (Å²) in [5, 5.41) is 0. The molecule has 15 heavy (non-hydrogen) atoms. The third-order valence-electron chi connectivity index (χ3n) is 2.88. The zero-order valence-electron chi connectivity index (χ0n) is 10.9. The highest BCUT2D eigenvalue weighted by Gasteiger charge is 2.07. The first kappa shape index (κ1) is 14.4. The summed E-state index contributed by atoms with van der Waals surface area (Å²) >= 11 is 0. The van der Waals surface area contributed by atoms with E-state index in [0.717, 1.165) is 24.8 Å². The van der Waals surface area contributed by atoms with Crippen molar-refractivity contribution in [2.45, 2.75) is 72.6 Å². The molecule has 0 aliphatic rings. The molecule has 1 heteroatoms. The number of Topliss-reactive ketones (excluding diaryl/α,β-unsaturated/α-hetero) is 1. The Morgan fingerprint density at radius 2 is 1.47 bits per heavy atom. The van der Waals surface area contributed by atoms with E-state index in [2.05, 4.69) is 20.8 Å². The number of carbonyl (C=O) groups is 1. The summed E-state index contributed by atoms with van der Waals surface area (Å²) in [5.74, 6) is 0.275. The molecule has 0 bridgehead atoms. The van der Waals surface area contributed by atoms with Crippen molar-refractivity contribution in [2.24, 2.45) is 0 Å². The van der Waals surface area contributed by atoms with Crippen LogP contribution in [0.4, 0.5) is 0 Å². The number of unbranched alkanes of at least 4 members (excludes halogenated alkanes) is 3. The number of hydrogen-bond donors (Lipinski definition) is 0. The minimum atomic E-state index is 0.275. The van der Waals surface area contributed by atoms with Crippen molar-refractivity contribution in [3.05, 3.63) is 11.1 Å². The molecule has 0 radical (unpaired) electrons. The molecule has 0 unspecified atom stereocenters. The van der Waals surface area contributed by atoms with Crippen LogP contribution in [0.5, 0.6) is 0 Å². The lowest BCUT2D eigenvalue weighted by Crippen LogP contribution is -2.00. The summed E-state index contributed by atoms with van der Waals surface area (Å²) in [6.07, 6.45) is 8.13. The summed E-state index contributed by atoms with van der Waals surface area (Å²) in [4.78, 5) is 11.5. The topological polar surface area (TPSA) is 17.1 Å². The number of allylic oxidation sites excluding steroid dienone is 2. The highest BCUT2D eigenvalue weighted by Crippen LogP contribution is 2.18. The monoisotopic (exact) mass is 210 g/mol. The third-order valence-corrected chi connectivity index (χ3v) is 2.88. The average molecular weight is 210 g/mol. The van der Waals surface area contributed by atoms with Gasteiger partial charge in [-0.05, 0) is 45.1 Å². The molecule has 88 valence electrons. The molecular weight excluding hydrogens is 184 g/mol. The highest BCUT2D eigenvalue weighted by atomic mass is 16.1. The minimum absolute atomic E-state index is 0.275. The Kier molecular flexibility index (Phi) is 8.35. The van der Waals surface area contributed by atoms with Gasteiger partial charge in [0.15, 0.2) is 5.78 Å². The largest absolute Gasteiger partial charge is 0.295 e. The standard InChI is InChI=1S/C14H26O/c1-5-7-9-10-12(3)14(13(4)15)11-8-6-2/h5-11H2,1-4H3/b14-12-. The molecule has 0 aliphatic heterocycles. The molecule has 0 saturated heterocycles. The molecular formula is C14H26O. The van der Waals surface area contributed by atoms with E-state index in [-0.39, 0.29) is 5.78 Å². The zero-order valence-corrected chi connectivity index (χ0v) is 10.9. The van der Waals surface area contributed by atoms with Crippen LogP contribution in [0.3, 0.4) is 0 Å². The predicted molar refractivity (Wildman–Crippen MR) is 67.0 cm³/mol. The molecule has 0 rings (SSSR count). The molecule has 0 fully saturated rings. The molecule has 0 amide bonds.